The zero-order valence-corrected chi connectivity index (χ0v) is 10.6. The minimum Gasteiger partial charge on any atom is -0.394 e. The molecular formula is C10H17N3O3S. The smallest absolute Gasteiger partial charge is 0.246 e. The number of aromatic nitrogens is 2. The Morgan fingerprint density at radius 3 is 2.94 bits per heavy atom. The predicted molar refractivity (Wildman–Crippen MR) is 61.9 cm³/mol. The van der Waals surface area contributed by atoms with Crippen LogP contribution < -0.4 is 0 Å². The van der Waals surface area contributed by atoms with Gasteiger partial charge in [-0.15, -0.1) is 0 Å². The van der Waals surface area contributed by atoms with Gasteiger partial charge in [-0.1, -0.05) is 6.92 Å². The number of aliphatic hydroxyl groups is 1. The number of hydrogen-bond donors (Lipinski definition) is 1. The van der Waals surface area contributed by atoms with Crippen LogP contribution in [0.3, 0.4) is 0 Å². The Morgan fingerprint density at radius 2 is 2.35 bits per heavy atom. The Kier molecular flexibility index (Phi) is 3.50. The number of rotatable bonds is 4. The van der Waals surface area contributed by atoms with E-state index in [1.807, 2.05) is 6.92 Å². The summed E-state index contributed by atoms with van der Waals surface area (Å²) in [5, 5.41) is 12.7. The van der Waals surface area contributed by atoms with Gasteiger partial charge in [0, 0.05) is 19.3 Å². The molecule has 2 heterocycles. The molecule has 1 saturated heterocycles. The third kappa shape index (κ3) is 2.51. The molecule has 17 heavy (non-hydrogen) atoms. The third-order valence-corrected chi connectivity index (χ3v) is 4.78. The minimum atomic E-state index is -3.40. The summed E-state index contributed by atoms with van der Waals surface area (Å²) in [4.78, 5) is 0.208. The molecule has 6 nitrogen and oxygen atoms in total. The normalized spacial score (nSPS) is 22.1. The van der Waals surface area contributed by atoms with Crippen LogP contribution in [0.2, 0.25) is 0 Å². The number of hydrogen-bond acceptors (Lipinski definition) is 4. The highest BCUT2D eigenvalue weighted by molar-refractivity contribution is 7.89. The van der Waals surface area contributed by atoms with Crippen LogP contribution in [0.5, 0.6) is 0 Å². The Hall–Kier alpha value is -0.920. The molecule has 0 saturated carbocycles. The molecule has 0 amide bonds. The summed E-state index contributed by atoms with van der Waals surface area (Å²) in [5.41, 5.74) is 0. The van der Waals surface area contributed by atoms with Crippen molar-refractivity contribution in [3.8, 4) is 0 Å². The fourth-order valence-corrected chi connectivity index (χ4v) is 3.49. The van der Waals surface area contributed by atoms with Crippen LogP contribution in [0.4, 0.5) is 0 Å². The lowest BCUT2D eigenvalue weighted by Crippen LogP contribution is -2.28. The second-order valence-corrected chi connectivity index (χ2v) is 6.36. The maximum Gasteiger partial charge on any atom is 0.246 e. The molecule has 1 N–H and O–H groups in total. The molecule has 1 fully saturated rings. The summed E-state index contributed by atoms with van der Waals surface area (Å²) in [7, 11) is -3.40. The first-order valence-corrected chi connectivity index (χ1v) is 7.11. The average molecular weight is 259 g/mol. The van der Waals surface area contributed by atoms with E-state index in [1.54, 1.807) is 0 Å². The van der Waals surface area contributed by atoms with E-state index in [9.17, 15) is 8.42 Å². The molecular weight excluding hydrogens is 242 g/mol. The number of sulfonamides is 1. The molecule has 0 aromatic carbocycles. The largest absolute Gasteiger partial charge is 0.394 e. The van der Waals surface area contributed by atoms with Gasteiger partial charge >= 0.3 is 0 Å². The Labute approximate surface area is 101 Å². The van der Waals surface area contributed by atoms with Crippen LogP contribution in [-0.4, -0.2) is 47.3 Å². The van der Waals surface area contributed by atoms with E-state index in [4.69, 9.17) is 5.11 Å². The fraction of sp³-hybridized carbons (Fsp3) is 0.700. The summed E-state index contributed by atoms with van der Waals surface area (Å²) in [5.74, 6) is 0.414. The van der Waals surface area contributed by atoms with Gasteiger partial charge in [-0.05, 0) is 12.3 Å². The Morgan fingerprint density at radius 1 is 1.59 bits per heavy atom. The van der Waals surface area contributed by atoms with Crippen LogP contribution in [0, 0.1) is 5.92 Å². The van der Waals surface area contributed by atoms with Crippen molar-refractivity contribution in [3.05, 3.63) is 12.4 Å². The SMILES string of the molecule is CC1CCN(S(=O)(=O)c2cnn(CCO)c2)C1. The minimum absolute atomic E-state index is 0.0537. The lowest BCUT2D eigenvalue weighted by atomic mass is 10.2. The second kappa shape index (κ2) is 4.75. The predicted octanol–water partition coefficient (Wildman–Crippen LogP) is -0.0941. The first-order valence-electron chi connectivity index (χ1n) is 5.67. The second-order valence-electron chi connectivity index (χ2n) is 4.42. The van der Waals surface area contributed by atoms with Crippen molar-refractivity contribution in [2.45, 2.75) is 24.8 Å². The monoisotopic (exact) mass is 259 g/mol. The van der Waals surface area contributed by atoms with Crippen LogP contribution in [0.1, 0.15) is 13.3 Å². The molecule has 2 rings (SSSR count). The average Bonchev–Trinajstić information content (AvgIpc) is 2.88. The lowest BCUT2D eigenvalue weighted by molar-refractivity contribution is 0.269. The van der Waals surface area contributed by atoms with Crippen LogP contribution in [-0.2, 0) is 16.6 Å². The fourth-order valence-electron chi connectivity index (χ4n) is 1.96. The van der Waals surface area contributed by atoms with Gasteiger partial charge in [0.2, 0.25) is 10.0 Å². The van der Waals surface area contributed by atoms with E-state index >= 15 is 0 Å². The zero-order chi connectivity index (χ0) is 12.5. The Balaban J connectivity index is 2.19. The van der Waals surface area contributed by atoms with Gasteiger partial charge in [0.25, 0.3) is 0 Å². The molecule has 0 radical (unpaired) electrons. The van der Waals surface area contributed by atoms with Crippen molar-refractivity contribution < 1.29 is 13.5 Å². The summed E-state index contributed by atoms with van der Waals surface area (Å²) >= 11 is 0. The topological polar surface area (TPSA) is 75.4 Å². The first kappa shape index (κ1) is 12.5. The van der Waals surface area contributed by atoms with E-state index in [0.717, 1.165) is 6.42 Å². The zero-order valence-electron chi connectivity index (χ0n) is 9.78. The number of aliphatic hydroxyl groups excluding tert-OH is 1. The highest BCUT2D eigenvalue weighted by Gasteiger charge is 2.31. The third-order valence-electron chi connectivity index (χ3n) is 2.96. The maximum atomic E-state index is 12.2. The van der Waals surface area contributed by atoms with Crippen LogP contribution >= 0.6 is 0 Å². The molecule has 1 aromatic rings. The van der Waals surface area contributed by atoms with Gasteiger partial charge in [-0.2, -0.15) is 9.40 Å². The molecule has 0 aliphatic carbocycles. The molecule has 0 spiro atoms. The van der Waals surface area contributed by atoms with Gasteiger partial charge in [0.15, 0.2) is 0 Å². The summed E-state index contributed by atoms with van der Waals surface area (Å²) in [6.45, 7) is 3.46. The molecule has 96 valence electrons. The van der Waals surface area contributed by atoms with Gasteiger partial charge in [0.05, 0.1) is 19.3 Å². The number of nitrogens with zero attached hydrogens (tertiary/aromatic N) is 3. The maximum absolute atomic E-state index is 12.2. The van der Waals surface area contributed by atoms with Crippen molar-refractivity contribution in [1.29, 1.82) is 0 Å². The van der Waals surface area contributed by atoms with Gasteiger partial charge < -0.3 is 5.11 Å². The van der Waals surface area contributed by atoms with Crippen molar-refractivity contribution >= 4 is 10.0 Å². The molecule has 1 aromatic heterocycles. The standard InChI is InChI=1S/C10H17N3O3S/c1-9-2-3-13(7-9)17(15,16)10-6-11-12(8-10)4-5-14/h6,8-9,14H,2-5,7H2,1H3. The Bertz CT molecular complexity index is 483. The summed E-state index contributed by atoms with van der Waals surface area (Å²) in [6, 6.07) is 0. The highest BCUT2D eigenvalue weighted by atomic mass is 32.2. The van der Waals surface area contributed by atoms with E-state index in [-0.39, 0.29) is 11.5 Å². The molecule has 1 aliphatic rings. The van der Waals surface area contributed by atoms with Gasteiger partial charge in [-0.25, -0.2) is 8.42 Å². The summed E-state index contributed by atoms with van der Waals surface area (Å²) in [6.07, 6.45) is 3.71. The molecule has 1 aliphatic heterocycles. The lowest BCUT2D eigenvalue weighted by Gasteiger charge is -2.14. The molecule has 1 atom stereocenters. The van der Waals surface area contributed by atoms with E-state index in [2.05, 4.69) is 5.10 Å². The molecule has 0 bridgehead atoms. The van der Waals surface area contributed by atoms with Crippen molar-refractivity contribution in [1.82, 2.24) is 14.1 Å². The first-order chi connectivity index (χ1) is 8.04. The van der Waals surface area contributed by atoms with Crippen molar-refractivity contribution in [2.75, 3.05) is 19.7 Å². The van der Waals surface area contributed by atoms with Crippen LogP contribution in [0.15, 0.2) is 17.3 Å². The summed E-state index contributed by atoms with van der Waals surface area (Å²) < 4.78 is 27.4. The molecule has 7 heteroatoms. The molecule has 1 unspecified atom stereocenters. The van der Waals surface area contributed by atoms with Gasteiger partial charge in [0.1, 0.15) is 4.90 Å². The van der Waals surface area contributed by atoms with Crippen molar-refractivity contribution in [2.24, 2.45) is 5.92 Å². The quantitative estimate of drug-likeness (QED) is 0.819. The van der Waals surface area contributed by atoms with Crippen molar-refractivity contribution in [3.63, 3.8) is 0 Å². The van der Waals surface area contributed by atoms with Crippen LogP contribution in [0.25, 0.3) is 0 Å². The van der Waals surface area contributed by atoms with E-state index in [0.29, 0.717) is 25.6 Å². The van der Waals surface area contributed by atoms with E-state index in [1.165, 1.54) is 21.4 Å². The highest BCUT2D eigenvalue weighted by Crippen LogP contribution is 2.23. The van der Waals surface area contributed by atoms with Gasteiger partial charge in [-0.3, -0.25) is 4.68 Å². The van der Waals surface area contributed by atoms with E-state index < -0.39 is 10.0 Å².